The Balaban J connectivity index is 4.46. The summed E-state index contributed by atoms with van der Waals surface area (Å²) in [5.41, 5.74) is 0.329. The zero-order valence-electron chi connectivity index (χ0n) is 16.1. The summed E-state index contributed by atoms with van der Waals surface area (Å²) in [7, 11) is -4.53. The minimum atomic E-state index is -4.53. The van der Waals surface area contributed by atoms with Crippen LogP contribution in [0.1, 0.15) is 53.4 Å². The Morgan fingerprint density at radius 2 is 1.64 bits per heavy atom. The smallest absolute Gasteiger partial charge is 0.462 e. The summed E-state index contributed by atoms with van der Waals surface area (Å²) >= 11 is 0. The van der Waals surface area contributed by atoms with E-state index in [1.165, 1.54) is 0 Å². The Labute approximate surface area is 151 Å². The molecule has 0 rings (SSSR count). The number of quaternary nitrogens is 1. The fourth-order valence-electron chi connectivity index (χ4n) is 2.84. The second-order valence-corrected chi connectivity index (χ2v) is 7.62. The molecular formula is C17H35NO6P+. The van der Waals surface area contributed by atoms with Gasteiger partial charge in [-0.3, -0.25) is 4.52 Å². The zero-order chi connectivity index (χ0) is 19.5. The van der Waals surface area contributed by atoms with Crippen molar-refractivity contribution >= 4 is 13.8 Å². The molecule has 1 unspecified atom stereocenters. The third-order valence-electron chi connectivity index (χ3n) is 4.71. The van der Waals surface area contributed by atoms with Gasteiger partial charge in [0, 0.05) is 5.57 Å². The highest BCUT2D eigenvalue weighted by Crippen LogP contribution is 2.39. The first-order valence-corrected chi connectivity index (χ1v) is 10.5. The molecule has 0 radical (unpaired) electrons. The topological polar surface area (TPSA) is 93.1 Å². The van der Waals surface area contributed by atoms with Crippen LogP contribution in [0, 0.1) is 0 Å². The minimum absolute atomic E-state index is 0.186. The van der Waals surface area contributed by atoms with Crippen LogP contribution in [-0.4, -0.2) is 59.1 Å². The van der Waals surface area contributed by atoms with E-state index >= 15 is 0 Å². The van der Waals surface area contributed by atoms with Crippen molar-refractivity contribution in [3.63, 3.8) is 0 Å². The molecule has 8 heteroatoms. The summed E-state index contributed by atoms with van der Waals surface area (Å²) in [6.45, 7) is 15.8. The predicted molar refractivity (Wildman–Crippen MR) is 97.9 cm³/mol. The van der Waals surface area contributed by atoms with E-state index in [1.807, 2.05) is 0 Å². The number of carbonyl (C=O) groups is 1. The van der Waals surface area contributed by atoms with Crippen LogP contribution in [0.5, 0.6) is 0 Å². The Bertz CT molecular complexity index is 450. The Kier molecular flexibility index (Phi) is 11.5. The quantitative estimate of drug-likeness (QED) is 0.158. The van der Waals surface area contributed by atoms with Crippen molar-refractivity contribution in [2.75, 3.05) is 32.8 Å². The molecule has 148 valence electrons. The van der Waals surface area contributed by atoms with E-state index in [1.54, 1.807) is 6.92 Å². The van der Waals surface area contributed by atoms with E-state index < -0.39 is 19.9 Å². The highest BCUT2D eigenvalue weighted by Gasteiger charge is 2.25. The molecule has 0 bridgehead atoms. The maximum absolute atomic E-state index is 11.3. The molecule has 0 heterocycles. The lowest BCUT2D eigenvalue weighted by molar-refractivity contribution is -0.923. The lowest BCUT2D eigenvalue weighted by Crippen LogP contribution is -2.48. The number of phosphoric ester groups is 1. The van der Waals surface area contributed by atoms with E-state index in [4.69, 9.17) is 19.0 Å². The van der Waals surface area contributed by atoms with Crippen molar-refractivity contribution in [2.24, 2.45) is 0 Å². The maximum Gasteiger partial charge on any atom is 0.469 e. The average molecular weight is 380 g/mol. The van der Waals surface area contributed by atoms with Gasteiger partial charge in [-0.1, -0.05) is 6.58 Å². The Hall–Kier alpha value is -0.720. The zero-order valence-corrected chi connectivity index (χ0v) is 17.0. The second kappa shape index (κ2) is 11.8. The molecule has 0 aliphatic heterocycles. The summed E-state index contributed by atoms with van der Waals surface area (Å²) in [5.74, 6) is -0.455. The molecule has 0 aromatic carbocycles. The molecule has 7 nitrogen and oxygen atoms in total. The highest BCUT2D eigenvalue weighted by molar-refractivity contribution is 7.46. The number of phosphoric acid groups is 1. The monoisotopic (exact) mass is 380 g/mol. The van der Waals surface area contributed by atoms with Crippen LogP contribution >= 0.6 is 7.82 Å². The molecule has 0 saturated carbocycles. The molecule has 0 aromatic heterocycles. The van der Waals surface area contributed by atoms with Crippen LogP contribution in [-0.2, 0) is 18.6 Å². The molecule has 0 fully saturated rings. The fourth-order valence-corrected chi connectivity index (χ4v) is 3.44. The molecular weight excluding hydrogens is 345 g/mol. The van der Waals surface area contributed by atoms with Crippen molar-refractivity contribution in [1.82, 2.24) is 0 Å². The van der Waals surface area contributed by atoms with E-state index in [9.17, 15) is 9.36 Å². The van der Waals surface area contributed by atoms with Gasteiger partial charge in [0.15, 0.2) is 0 Å². The van der Waals surface area contributed by atoms with Crippen LogP contribution in [0.2, 0.25) is 0 Å². The van der Waals surface area contributed by atoms with Gasteiger partial charge in [0.1, 0.15) is 0 Å². The molecule has 0 saturated heterocycles. The van der Waals surface area contributed by atoms with Gasteiger partial charge in [-0.05, 0) is 53.4 Å². The van der Waals surface area contributed by atoms with Crippen LogP contribution in [0.3, 0.4) is 0 Å². The molecule has 0 amide bonds. The molecule has 0 aromatic rings. The van der Waals surface area contributed by atoms with Crippen LogP contribution in [0.25, 0.3) is 0 Å². The third kappa shape index (κ3) is 10.8. The predicted octanol–water partition coefficient (Wildman–Crippen LogP) is 3.02. The number of nitrogens with zero attached hydrogens (tertiary/aromatic N) is 1. The van der Waals surface area contributed by atoms with Gasteiger partial charge in [-0.15, -0.1) is 0 Å². The van der Waals surface area contributed by atoms with Crippen LogP contribution < -0.4 is 0 Å². The van der Waals surface area contributed by atoms with Gasteiger partial charge in [0.2, 0.25) is 0 Å². The van der Waals surface area contributed by atoms with Crippen molar-refractivity contribution < 1.29 is 32.9 Å². The molecule has 1 atom stereocenters. The maximum atomic E-state index is 11.3. The number of carbonyl (C=O) groups excluding carboxylic acids is 1. The van der Waals surface area contributed by atoms with Crippen molar-refractivity contribution in [3.8, 4) is 0 Å². The number of hydrogen-bond acceptors (Lipinski definition) is 4. The summed E-state index contributed by atoms with van der Waals surface area (Å²) < 4.78 is 22.1. The van der Waals surface area contributed by atoms with E-state index in [-0.39, 0.29) is 6.61 Å². The standard InChI is InChI=1S/C17H34NO6P/c1-6-18(7-2,8-3)13-9-11-16(24-25(20,21)22)12-10-14-23-17(19)15(4)5/h16H,4,6-14H2,1-3,5H3,(H-,20,21,22)/p+1. The lowest BCUT2D eigenvalue weighted by atomic mass is 10.1. The highest BCUT2D eigenvalue weighted by atomic mass is 31.2. The van der Waals surface area contributed by atoms with Crippen LogP contribution in [0.4, 0.5) is 0 Å². The molecule has 25 heavy (non-hydrogen) atoms. The Morgan fingerprint density at radius 3 is 2.08 bits per heavy atom. The van der Waals surface area contributed by atoms with Gasteiger partial charge in [-0.2, -0.15) is 0 Å². The normalized spacial score (nSPS) is 13.5. The van der Waals surface area contributed by atoms with Crippen LogP contribution in [0.15, 0.2) is 12.2 Å². The summed E-state index contributed by atoms with van der Waals surface area (Å²) in [4.78, 5) is 29.5. The lowest BCUT2D eigenvalue weighted by Gasteiger charge is -2.36. The molecule has 0 spiro atoms. The summed E-state index contributed by atoms with van der Waals surface area (Å²) in [5, 5.41) is 0. The van der Waals surface area contributed by atoms with Gasteiger partial charge < -0.3 is 19.0 Å². The first kappa shape index (κ1) is 24.3. The SMILES string of the molecule is C=C(C)C(=O)OCCCC(CCC[N+](CC)(CC)CC)OP(=O)(O)O. The third-order valence-corrected chi connectivity index (χ3v) is 5.28. The fraction of sp³-hybridized carbons (Fsp3) is 0.824. The number of ether oxygens (including phenoxy) is 1. The summed E-state index contributed by atoms with van der Waals surface area (Å²) in [6, 6.07) is 0. The molecule has 0 aliphatic rings. The van der Waals surface area contributed by atoms with Gasteiger partial charge >= 0.3 is 13.8 Å². The van der Waals surface area contributed by atoms with Gasteiger partial charge in [0.05, 0.1) is 38.9 Å². The largest absolute Gasteiger partial charge is 0.469 e. The van der Waals surface area contributed by atoms with E-state index in [0.29, 0.717) is 24.8 Å². The number of hydrogen-bond donors (Lipinski definition) is 2. The molecule has 0 aliphatic carbocycles. The average Bonchev–Trinajstić information content (AvgIpc) is 2.54. The number of esters is 1. The number of rotatable bonds is 14. The minimum Gasteiger partial charge on any atom is -0.462 e. The first-order valence-electron chi connectivity index (χ1n) is 9.00. The van der Waals surface area contributed by atoms with Gasteiger partial charge in [0.25, 0.3) is 0 Å². The van der Waals surface area contributed by atoms with E-state index in [0.717, 1.165) is 37.1 Å². The Morgan fingerprint density at radius 1 is 1.12 bits per heavy atom. The molecule has 2 N–H and O–H groups in total. The van der Waals surface area contributed by atoms with E-state index in [2.05, 4.69) is 27.4 Å². The summed E-state index contributed by atoms with van der Waals surface area (Å²) in [6.07, 6.45) is 1.76. The second-order valence-electron chi connectivity index (χ2n) is 6.43. The first-order chi connectivity index (χ1) is 11.6. The van der Waals surface area contributed by atoms with Gasteiger partial charge in [-0.25, -0.2) is 9.36 Å². The van der Waals surface area contributed by atoms with Crippen molar-refractivity contribution in [2.45, 2.75) is 59.5 Å². The van der Waals surface area contributed by atoms with Crippen molar-refractivity contribution in [3.05, 3.63) is 12.2 Å². The van der Waals surface area contributed by atoms with Crippen molar-refractivity contribution in [1.29, 1.82) is 0 Å².